The van der Waals surface area contributed by atoms with Crippen molar-refractivity contribution in [2.45, 2.75) is 64.9 Å². The third kappa shape index (κ3) is 5.20. The van der Waals surface area contributed by atoms with Crippen molar-refractivity contribution in [1.82, 2.24) is 0 Å². The van der Waals surface area contributed by atoms with Gasteiger partial charge in [0.1, 0.15) is 30.2 Å². The van der Waals surface area contributed by atoms with Gasteiger partial charge < -0.3 is 14.3 Å². The molecule has 3 nitrogen and oxygen atoms in total. The van der Waals surface area contributed by atoms with Crippen molar-refractivity contribution in [2.75, 3.05) is 7.11 Å². The van der Waals surface area contributed by atoms with Crippen molar-refractivity contribution >= 4 is 11.9 Å². The first kappa shape index (κ1) is 25.3. The van der Waals surface area contributed by atoms with Crippen LogP contribution in [-0.4, -0.2) is 13.4 Å². The van der Waals surface area contributed by atoms with Crippen LogP contribution in [0.5, 0.6) is 11.5 Å². The van der Waals surface area contributed by atoms with Gasteiger partial charge >= 0.3 is 0 Å². The lowest BCUT2D eigenvalue weighted by Gasteiger charge is -2.26. The Labute approximate surface area is 219 Å². The van der Waals surface area contributed by atoms with Gasteiger partial charge in [-0.15, -0.1) is 0 Å². The van der Waals surface area contributed by atoms with E-state index >= 15 is 4.39 Å². The third-order valence-electron chi connectivity index (χ3n) is 8.03. The fourth-order valence-corrected chi connectivity index (χ4v) is 5.93. The summed E-state index contributed by atoms with van der Waals surface area (Å²) in [6, 6.07) is 17.4. The van der Waals surface area contributed by atoms with Gasteiger partial charge in [-0.05, 0) is 113 Å². The zero-order chi connectivity index (χ0) is 26.0. The van der Waals surface area contributed by atoms with Crippen LogP contribution in [-0.2, 0) is 17.8 Å². The number of aryl methyl sites for hydroxylation is 1. The summed E-state index contributed by atoms with van der Waals surface area (Å²) in [5.74, 6) is 1.47. The van der Waals surface area contributed by atoms with Gasteiger partial charge in [0.15, 0.2) is 0 Å². The molecule has 5 rings (SSSR count). The molecular weight excluding hydrogens is 463 g/mol. The van der Waals surface area contributed by atoms with Crippen LogP contribution in [0, 0.1) is 11.2 Å². The third-order valence-corrected chi connectivity index (χ3v) is 8.03. The number of hydrogen-bond donors (Lipinski definition) is 0. The van der Waals surface area contributed by atoms with Crippen molar-refractivity contribution < 1.29 is 18.7 Å². The van der Waals surface area contributed by atoms with E-state index in [-0.39, 0.29) is 17.2 Å². The molecule has 37 heavy (non-hydrogen) atoms. The minimum absolute atomic E-state index is 0.00958. The van der Waals surface area contributed by atoms with Gasteiger partial charge in [0.25, 0.3) is 0 Å². The Morgan fingerprint density at radius 2 is 1.84 bits per heavy atom. The summed E-state index contributed by atoms with van der Waals surface area (Å²) < 4.78 is 26.7. The van der Waals surface area contributed by atoms with Crippen LogP contribution in [0.4, 0.5) is 4.39 Å². The summed E-state index contributed by atoms with van der Waals surface area (Å²) in [6.45, 7) is 4.92. The fraction of sp³-hybridized carbons (Fsp3) is 0.364. The number of benzene rings is 3. The highest BCUT2D eigenvalue weighted by atomic mass is 19.1. The number of halogens is 1. The number of carbonyl (C=O) groups is 1. The Kier molecular flexibility index (Phi) is 7.19. The smallest absolute Gasteiger partial charge is 0.131 e. The molecule has 2 aliphatic rings. The molecule has 0 N–H and O–H groups in total. The summed E-state index contributed by atoms with van der Waals surface area (Å²) in [4.78, 5) is 11.2. The highest BCUT2D eigenvalue weighted by molar-refractivity contribution is 5.85. The second-order valence-corrected chi connectivity index (χ2v) is 10.9. The van der Waals surface area contributed by atoms with Crippen LogP contribution in [0.1, 0.15) is 74.1 Å². The average Bonchev–Trinajstić information content (AvgIpc) is 3.26. The van der Waals surface area contributed by atoms with Gasteiger partial charge in [-0.3, -0.25) is 0 Å². The van der Waals surface area contributed by atoms with Crippen molar-refractivity contribution in [3.05, 3.63) is 88.7 Å². The minimum Gasteiger partial charge on any atom is -0.497 e. The van der Waals surface area contributed by atoms with E-state index in [0.717, 1.165) is 60.8 Å². The van der Waals surface area contributed by atoms with Crippen LogP contribution in [0.15, 0.2) is 60.7 Å². The topological polar surface area (TPSA) is 35.5 Å². The summed E-state index contributed by atoms with van der Waals surface area (Å²) in [5, 5.41) is 0. The van der Waals surface area contributed by atoms with Gasteiger partial charge in [-0.25, -0.2) is 4.39 Å². The molecule has 0 aliphatic heterocycles. The first-order valence-electron chi connectivity index (χ1n) is 13.3. The summed E-state index contributed by atoms with van der Waals surface area (Å²) in [5.41, 5.74) is 7.33. The second-order valence-electron chi connectivity index (χ2n) is 10.9. The number of rotatable bonds is 8. The highest BCUT2D eigenvalue weighted by Crippen LogP contribution is 2.47. The van der Waals surface area contributed by atoms with E-state index in [1.54, 1.807) is 19.2 Å². The van der Waals surface area contributed by atoms with Gasteiger partial charge in [0.2, 0.25) is 0 Å². The predicted molar refractivity (Wildman–Crippen MR) is 147 cm³/mol. The quantitative estimate of drug-likeness (QED) is 0.293. The lowest BCUT2D eigenvalue weighted by Crippen LogP contribution is -2.11. The Hall–Kier alpha value is -3.40. The molecule has 0 heterocycles. The van der Waals surface area contributed by atoms with E-state index in [2.05, 4.69) is 38.1 Å². The Morgan fingerprint density at radius 3 is 2.59 bits per heavy atom. The van der Waals surface area contributed by atoms with E-state index in [0.29, 0.717) is 24.3 Å². The largest absolute Gasteiger partial charge is 0.497 e. The molecule has 0 radical (unpaired) electrons. The molecule has 0 spiro atoms. The van der Waals surface area contributed by atoms with Gasteiger partial charge in [-0.2, -0.15) is 0 Å². The molecule has 4 heteroatoms. The number of allylic oxidation sites excluding steroid dienone is 2. The number of hydrogen-bond acceptors (Lipinski definition) is 3. The maximum Gasteiger partial charge on any atom is 0.131 e. The number of fused-ring (bicyclic) bond motifs is 1. The van der Waals surface area contributed by atoms with E-state index in [4.69, 9.17) is 9.47 Å². The van der Waals surface area contributed by atoms with Gasteiger partial charge in [0.05, 0.1) is 7.11 Å². The molecule has 0 bridgehead atoms. The molecule has 3 aromatic rings. The standard InChI is InChI=1S/C33H35FO3/c1-33(2)16-5-8-31(33)29-18-22(9-13-27(29)30-19-25(36-3)12-14-32(30)34)21-37-26-11-10-23-6-4-7-24(15-17-35)28(23)20-26/h8-14,17-20,24H,4-7,15-16,21H2,1-3H3. The summed E-state index contributed by atoms with van der Waals surface area (Å²) in [6.07, 6.45) is 9.19. The summed E-state index contributed by atoms with van der Waals surface area (Å²) >= 11 is 0. The van der Waals surface area contributed by atoms with E-state index in [1.807, 2.05) is 18.2 Å². The van der Waals surface area contributed by atoms with Crippen LogP contribution in [0.25, 0.3) is 16.7 Å². The number of carbonyl (C=O) groups excluding carboxylic acids is 1. The molecule has 0 saturated heterocycles. The lowest BCUT2D eigenvalue weighted by molar-refractivity contribution is -0.108. The molecule has 192 valence electrons. The highest BCUT2D eigenvalue weighted by Gasteiger charge is 2.30. The molecule has 3 aromatic carbocycles. The maximum atomic E-state index is 15.0. The average molecular weight is 499 g/mol. The fourth-order valence-electron chi connectivity index (χ4n) is 5.93. The Morgan fingerprint density at radius 1 is 1.00 bits per heavy atom. The molecule has 2 aliphatic carbocycles. The van der Waals surface area contributed by atoms with Crippen molar-refractivity contribution in [3.8, 4) is 22.6 Å². The number of aldehydes is 1. The SMILES string of the molecule is COc1ccc(F)c(-c2ccc(COc3ccc4c(c3)C(CC=O)CCC4)cc2C2=CCCC2(C)C)c1. The van der Waals surface area contributed by atoms with Crippen molar-refractivity contribution in [2.24, 2.45) is 5.41 Å². The van der Waals surface area contributed by atoms with Gasteiger partial charge in [0, 0.05) is 12.0 Å². The second kappa shape index (κ2) is 10.5. The molecule has 1 unspecified atom stereocenters. The monoisotopic (exact) mass is 498 g/mol. The molecule has 0 amide bonds. The van der Waals surface area contributed by atoms with Crippen LogP contribution < -0.4 is 9.47 Å². The Bertz CT molecular complexity index is 1340. The molecule has 0 saturated carbocycles. The molecular formula is C33H35FO3. The first-order valence-corrected chi connectivity index (χ1v) is 13.3. The zero-order valence-corrected chi connectivity index (χ0v) is 22.0. The van der Waals surface area contributed by atoms with Crippen LogP contribution in [0.2, 0.25) is 0 Å². The van der Waals surface area contributed by atoms with Crippen LogP contribution >= 0.6 is 0 Å². The lowest BCUT2D eigenvalue weighted by atomic mass is 9.79. The zero-order valence-electron chi connectivity index (χ0n) is 22.0. The number of ether oxygens (including phenoxy) is 2. The number of methoxy groups -OCH3 is 1. The van der Waals surface area contributed by atoms with E-state index < -0.39 is 0 Å². The van der Waals surface area contributed by atoms with Gasteiger partial charge in [-0.1, -0.05) is 38.1 Å². The van der Waals surface area contributed by atoms with Crippen molar-refractivity contribution in [3.63, 3.8) is 0 Å². The van der Waals surface area contributed by atoms with E-state index in [9.17, 15) is 4.79 Å². The molecule has 0 fully saturated rings. The van der Waals surface area contributed by atoms with E-state index in [1.165, 1.54) is 22.8 Å². The molecule has 1 atom stereocenters. The van der Waals surface area contributed by atoms with Crippen LogP contribution in [0.3, 0.4) is 0 Å². The first-order chi connectivity index (χ1) is 17.9. The Balaban J connectivity index is 1.47. The normalized spacial score (nSPS) is 18.2. The molecule has 0 aromatic heterocycles. The summed E-state index contributed by atoms with van der Waals surface area (Å²) in [7, 11) is 1.60. The predicted octanol–water partition coefficient (Wildman–Crippen LogP) is 8.29. The minimum atomic E-state index is -0.263. The van der Waals surface area contributed by atoms with Crippen molar-refractivity contribution in [1.29, 1.82) is 0 Å². The maximum absolute atomic E-state index is 15.0.